The number of hydrogen-bond donors (Lipinski definition) is 0. The van der Waals surface area contributed by atoms with Gasteiger partial charge in [-0.15, -0.1) is 0 Å². The number of nitrogens with zero attached hydrogens (tertiary/aromatic N) is 3. The third-order valence-corrected chi connectivity index (χ3v) is 7.40. The van der Waals surface area contributed by atoms with E-state index in [0.29, 0.717) is 37.6 Å². The van der Waals surface area contributed by atoms with Gasteiger partial charge in [0.15, 0.2) is 0 Å². The molecule has 0 aliphatic carbocycles. The van der Waals surface area contributed by atoms with Crippen molar-refractivity contribution in [1.29, 1.82) is 0 Å². The molecule has 2 aliphatic rings. The van der Waals surface area contributed by atoms with Crippen molar-refractivity contribution >= 4 is 11.8 Å². The molecule has 2 amide bonds. The molecule has 0 bridgehead atoms. The van der Waals surface area contributed by atoms with Gasteiger partial charge < -0.3 is 14.3 Å². The summed E-state index contributed by atoms with van der Waals surface area (Å²) in [4.78, 5) is 29.8. The number of carbonyl (C=O) groups excluding carboxylic acids is 2. The van der Waals surface area contributed by atoms with E-state index >= 15 is 0 Å². The van der Waals surface area contributed by atoms with Crippen molar-refractivity contribution in [3.8, 4) is 11.3 Å². The second-order valence-corrected chi connectivity index (χ2v) is 10.6. The number of rotatable bonds is 4. The van der Waals surface area contributed by atoms with Crippen LogP contribution < -0.4 is 0 Å². The van der Waals surface area contributed by atoms with Crippen LogP contribution in [-0.2, 0) is 16.0 Å². The standard InChI is InChI=1S/C26H35N3O3/c1-19(30)29-15-12-26(18-29,24(31)28-13-10-21(11-14-28)25(2,3)4)17-22-16-23(27-32-22)20-8-6-5-7-9-20/h5-9,16,21H,10-15,17-18H2,1-4H3/t26-/m0/s1. The molecule has 1 atom stereocenters. The summed E-state index contributed by atoms with van der Waals surface area (Å²) in [5, 5.41) is 4.24. The third kappa shape index (κ3) is 4.59. The summed E-state index contributed by atoms with van der Waals surface area (Å²) >= 11 is 0. The van der Waals surface area contributed by atoms with Gasteiger partial charge in [-0.1, -0.05) is 56.3 Å². The van der Waals surface area contributed by atoms with Crippen molar-refractivity contribution in [2.24, 2.45) is 16.7 Å². The second kappa shape index (κ2) is 8.72. The zero-order valence-electron chi connectivity index (χ0n) is 19.8. The summed E-state index contributed by atoms with van der Waals surface area (Å²) in [6.45, 7) is 11.1. The Kier molecular flexibility index (Phi) is 6.15. The molecular formula is C26H35N3O3. The molecule has 1 aromatic carbocycles. The summed E-state index contributed by atoms with van der Waals surface area (Å²) in [5.41, 5.74) is 1.38. The topological polar surface area (TPSA) is 66.7 Å². The van der Waals surface area contributed by atoms with Gasteiger partial charge in [0.05, 0.1) is 5.41 Å². The number of carbonyl (C=O) groups is 2. The lowest BCUT2D eigenvalue weighted by molar-refractivity contribution is -0.144. The van der Waals surface area contributed by atoms with Crippen molar-refractivity contribution < 1.29 is 14.1 Å². The number of amides is 2. The number of aromatic nitrogens is 1. The average Bonchev–Trinajstić information content (AvgIpc) is 3.42. The van der Waals surface area contributed by atoms with Gasteiger partial charge in [-0.05, 0) is 30.6 Å². The minimum atomic E-state index is -0.645. The first kappa shape index (κ1) is 22.6. The zero-order chi connectivity index (χ0) is 22.9. The van der Waals surface area contributed by atoms with Crippen LogP contribution in [0.1, 0.15) is 52.7 Å². The molecule has 4 rings (SSSR count). The maximum absolute atomic E-state index is 13.9. The Balaban J connectivity index is 1.54. The Morgan fingerprint density at radius 1 is 1.09 bits per heavy atom. The van der Waals surface area contributed by atoms with Crippen LogP contribution in [0.25, 0.3) is 11.3 Å². The molecule has 0 unspecified atom stereocenters. The molecule has 172 valence electrons. The van der Waals surface area contributed by atoms with E-state index in [0.717, 1.165) is 37.2 Å². The maximum atomic E-state index is 13.9. The first-order valence-corrected chi connectivity index (χ1v) is 11.7. The predicted octanol–water partition coefficient (Wildman–Crippen LogP) is 4.41. The van der Waals surface area contributed by atoms with Crippen molar-refractivity contribution in [2.45, 2.75) is 53.4 Å². The van der Waals surface area contributed by atoms with Gasteiger partial charge in [0.25, 0.3) is 0 Å². The highest BCUT2D eigenvalue weighted by atomic mass is 16.5. The van der Waals surface area contributed by atoms with E-state index in [9.17, 15) is 9.59 Å². The first-order valence-electron chi connectivity index (χ1n) is 11.7. The van der Waals surface area contributed by atoms with Crippen molar-refractivity contribution in [3.05, 3.63) is 42.2 Å². The van der Waals surface area contributed by atoms with Gasteiger partial charge in [-0.25, -0.2) is 0 Å². The van der Waals surface area contributed by atoms with E-state index < -0.39 is 5.41 Å². The third-order valence-electron chi connectivity index (χ3n) is 7.40. The predicted molar refractivity (Wildman–Crippen MR) is 124 cm³/mol. The van der Waals surface area contributed by atoms with Crippen LogP contribution in [0.4, 0.5) is 0 Å². The van der Waals surface area contributed by atoms with Crippen LogP contribution in [0.5, 0.6) is 0 Å². The molecule has 2 saturated heterocycles. The minimum absolute atomic E-state index is 0.0219. The maximum Gasteiger partial charge on any atom is 0.231 e. The van der Waals surface area contributed by atoms with Gasteiger partial charge in [0.1, 0.15) is 11.5 Å². The van der Waals surface area contributed by atoms with Gasteiger partial charge >= 0.3 is 0 Å². The first-order chi connectivity index (χ1) is 15.2. The summed E-state index contributed by atoms with van der Waals surface area (Å²) in [6.07, 6.45) is 3.19. The molecule has 2 aromatic rings. The monoisotopic (exact) mass is 437 g/mol. The number of piperidine rings is 1. The van der Waals surface area contributed by atoms with E-state index in [1.807, 2.05) is 41.3 Å². The van der Waals surface area contributed by atoms with Gasteiger partial charge in [-0.2, -0.15) is 0 Å². The molecule has 0 spiro atoms. The van der Waals surface area contributed by atoms with Crippen LogP contribution in [0.2, 0.25) is 0 Å². The molecule has 2 aliphatic heterocycles. The van der Waals surface area contributed by atoms with Gasteiger partial charge in [-0.3, -0.25) is 9.59 Å². The Hall–Kier alpha value is -2.63. The summed E-state index contributed by atoms with van der Waals surface area (Å²) in [5.74, 6) is 1.51. The minimum Gasteiger partial charge on any atom is -0.361 e. The Morgan fingerprint density at radius 2 is 1.78 bits per heavy atom. The molecule has 6 nitrogen and oxygen atoms in total. The van der Waals surface area contributed by atoms with E-state index in [4.69, 9.17) is 4.52 Å². The van der Waals surface area contributed by atoms with E-state index in [1.54, 1.807) is 11.8 Å². The van der Waals surface area contributed by atoms with Crippen LogP contribution in [0.3, 0.4) is 0 Å². The highest BCUT2D eigenvalue weighted by Crippen LogP contribution is 2.40. The Morgan fingerprint density at radius 3 is 2.38 bits per heavy atom. The summed E-state index contributed by atoms with van der Waals surface area (Å²) < 4.78 is 5.68. The Labute approximate surface area is 190 Å². The van der Waals surface area contributed by atoms with Crippen molar-refractivity contribution in [1.82, 2.24) is 15.0 Å². The molecule has 0 saturated carbocycles. The molecule has 3 heterocycles. The van der Waals surface area contributed by atoms with Crippen molar-refractivity contribution in [3.63, 3.8) is 0 Å². The molecule has 6 heteroatoms. The molecule has 0 N–H and O–H groups in total. The molecule has 2 fully saturated rings. The molecule has 0 radical (unpaired) electrons. The summed E-state index contributed by atoms with van der Waals surface area (Å²) in [7, 11) is 0. The van der Waals surface area contributed by atoms with Crippen molar-refractivity contribution in [2.75, 3.05) is 26.2 Å². The lowest BCUT2D eigenvalue weighted by Crippen LogP contribution is -2.50. The SMILES string of the molecule is CC(=O)N1CC[C@@](Cc2cc(-c3ccccc3)no2)(C(=O)N2CCC(C(C)(C)C)CC2)C1. The van der Waals surface area contributed by atoms with Crippen LogP contribution in [-0.4, -0.2) is 52.9 Å². The second-order valence-electron chi connectivity index (χ2n) is 10.6. The Bertz CT molecular complexity index is 954. The smallest absolute Gasteiger partial charge is 0.231 e. The van der Waals surface area contributed by atoms with E-state index in [1.165, 1.54) is 0 Å². The fourth-order valence-corrected chi connectivity index (χ4v) is 5.29. The lowest BCUT2D eigenvalue weighted by Gasteiger charge is -2.41. The van der Waals surface area contributed by atoms with Gasteiger partial charge in [0, 0.05) is 51.2 Å². The highest BCUT2D eigenvalue weighted by molar-refractivity contribution is 5.85. The molecular weight excluding hydrogens is 402 g/mol. The number of hydrogen-bond acceptors (Lipinski definition) is 4. The fraction of sp³-hybridized carbons (Fsp3) is 0.577. The van der Waals surface area contributed by atoms with Crippen LogP contribution >= 0.6 is 0 Å². The lowest BCUT2D eigenvalue weighted by atomic mass is 9.74. The van der Waals surface area contributed by atoms with E-state index in [2.05, 4.69) is 25.9 Å². The quantitative estimate of drug-likeness (QED) is 0.711. The van der Waals surface area contributed by atoms with Crippen LogP contribution in [0, 0.1) is 16.7 Å². The highest BCUT2D eigenvalue weighted by Gasteiger charge is 2.48. The number of benzene rings is 1. The average molecular weight is 438 g/mol. The largest absolute Gasteiger partial charge is 0.361 e. The van der Waals surface area contributed by atoms with Gasteiger partial charge in [0.2, 0.25) is 11.8 Å². The number of likely N-dealkylation sites (tertiary alicyclic amines) is 2. The normalized spacial score (nSPS) is 22.4. The molecule has 1 aromatic heterocycles. The fourth-order valence-electron chi connectivity index (χ4n) is 5.29. The zero-order valence-corrected chi connectivity index (χ0v) is 19.8. The van der Waals surface area contributed by atoms with E-state index in [-0.39, 0.29) is 17.2 Å². The summed E-state index contributed by atoms with van der Waals surface area (Å²) in [6, 6.07) is 11.8. The van der Waals surface area contributed by atoms with Crippen LogP contribution in [0.15, 0.2) is 40.9 Å². The molecule has 32 heavy (non-hydrogen) atoms.